The summed E-state index contributed by atoms with van der Waals surface area (Å²) in [6.07, 6.45) is 4.39. The highest BCUT2D eigenvalue weighted by molar-refractivity contribution is 7.89. The lowest BCUT2D eigenvalue weighted by Gasteiger charge is -2.27. The maximum absolute atomic E-state index is 13.3. The molecule has 0 atom stereocenters. The van der Waals surface area contributed by atoms with Crippen LogP contribution in [0.2, 0.25) is 0 Å². The van der Waals surface area contributed by atoms with E-state index < -0.39 is 10.0 Å². The second kappa shape index (κ2) is 17.6. The van der Waals surface area contributed by atoms with Gasteiger partial charge in [-0.05, 0) is 84.9 Å². The number of nitrogens with one attached hydrogen (secondary N) is 1. The molecule has 0 aliphatic carbocycles. The molecule has 5 N–H and O–H groups in total. The predicted molar refractivity (Wildman–Crippen MR) is 249 cm³/mol. The molecule has 5 aromatic carbocycles. The maximum Gasteiger partial charge on any atom is 0.243 e. The standard InChI is InChI=1S/C27H23N5O3S.C21H19N5O.CH4/c28-27-26-25(29-18-30-27)23-17-31(36(33,34)22-9-5-2-6-10-22)16-15-24(23)32(26)19-11-13-21(14-12-19)35-20-7-3-1-4-8-20;22-21-20-19(24-13-25-21)17-12-23-11-10-18(17)26(20)14-6-8-16(9-7-14)27-15-4-2-1-3-5-15;/h1-14,18H,15-17H2,(H2,28,29,30);1-9,13,23H,10-12H2,(H2,22,24,25);1H4. The minimum Gasteiger partial charge on any atom is -0.457 e. The summed E-state index contributed by atoms with van der Waals surface area (Å²) in [7, 11) is -3.64. The van der Waals surface area contributed by atoms with E-state index in [1.165, 1.54) is 28.2 Å². The van der Waals surface area contributed by atoms with E-state index in [-0.39, 0.29) is 18.9 Å². The minimum atomic E-state index is -3.64. The van der Waals surface area contributed by atoms with Gasteiger partial charge in [-0.15, -0.1) is 0 Å². The fraction of sp³-hybridized carbons (Fsp3) is 0.143. The number of hydrogen-bond donors (Lipinski definition) is 3. The van der Waals surface area contributed by atoms with Gasteiger partial charge in [-0.1, -0.05) is 62.0 Å². The van der Waals surface area contributed by atoms with Crippen molar-refractivity contribution in [2.75, 3.05) is 24.6 Å². The minimum absolute atomic E-state index is 0. The summed E-state index contributed by atoms with van der Waals surface area (Å²) in [6.45, 7) is 2.29. The molecule has 11 rings (SSSR count). The van der Waals surface area contributed by atoms with Crippen molar-refractivity contribution in [2.45, 2.75) is 38.3 Å². The summed E-state index contributed by atoms with van der Waals surface area (Å²) >= 11 is 0. The van der Waals surface area contributed by atoms with Crippen LogP contribution in [0.15, 0.2) is 157 Å². The van der Waals surface area contributed by atoms with Crippen molar-refractivity contribution in [2.24, 2.45) is 0 Å². The van der Waals surface area contributed by atoms with Crippen molar-refractivity contribution in [3.63, 3.8) is 0 Å². The fourth-order valence-electron chi connectivity index (χ4n) is 8.36. The molecule has 0 amide bonds. The van der Waals surface area contributed by atoms with Crippen LogP contribution in [0.1, 0.15) is 29.9 Å². The summed E-state index contributed by atoms with van der Waals surface area (Å²) < 4.78 is 44.2. The van der Waals surface area contributed by atoms with Gasteiger partial charge in [-0.2, -0.15) is 4.31 Å². The third kappa shape index (κ3) is 7.87. The Morgan fingerprint density at radius 3 is 1.52 bits per heavy atom. The zero-order valence-corrected chi connectivity index (χ0v) is 34.8. The van der Waals surface area contributed by atoms with E-state index in [9.17, 15) is 8.42 Å². The Balaban J connectivity index is 0.000000166. The highest BCUT2D eigenvalue weighted by Crippen LogP contribution is 2.37. The van der Waals surface area contributed by atoms with Gasteiger partial charge in [-0.3, -0.25) is 0 Å². The van der Waals surface area contributed by atoms with E-state index in [0.717, 1.165) is 70.4 Å². The molecule has 9 aromatic rings. The van der Waals surface area contributed by atoms with E-state index in [4.69, 9.17) is 20.9 Å². The number of nitrogens with zero attached hydrogens (tertiary/aromatic N) is 7. The molecule has 0 fully saturated rings. The molecule has 0 bridgehead atoms. The van der Waals surface area contributed by atoms with E-state index in [1.807, 2.05) is 114 Å². The second-order valence-corrected chi connectivity index (χ2v) is 17.0. The Labute approximate surface area is 370 Å². The number of anilines is 2. The van der Waals surface area contributed by atoms with Gasteiger partial charge in [0, 0.05) is 72.9 Å². The molecule has 2 aliphatic rings. The Bertz CT molecular complexity index is 3180. The number of fused-ring (bicyclic) bond motifs is 6. The summed E-state index contributed by atoms with van der Waals surface area (Å²) in [5.41, 5.74) is 21.9. The first-order valence-electron chi connectivity index (χ1n) is 20.5. The lowest BCUT2D eigenvalue weighted by atomic mass is 10.1. The van der Waals surface area contributed by atoms with Crippen molar-refractivity contribution < 1.29 is 17.9 Å². The first-order chi connectivity index (χ1) is 30.8. The first-order valence-corrected chi connectivity index (χ1v) is 22.0. The molecule has 2 aliphatic heterocycles. The Morgan fingerprint density at radius 1 is 0.547 bits per heavy atom. The number of rotatable bonds is 8. The number of nitrogen functional groups attached to an aromatic ring is 2. The Kier molecular flexibility index (Phi) is 11.5. The summed E-state index contributed by atoms with van der Waals surface area (Å²) in [6, 6.07) is 43.6. The average molecular weight is 871 g/mol. The number of sulfonamides is 1. The fourth-order valence-corrected chi connectivity index (χ4v) is 9.79. The van der Waals surface area contributed by atoms with Crippen LogP contribution in [-0.2, 0) is 36.0 Å². The summed E-state index contributed by atoms with van der Waals surface area (Å²) in [4.78, 5) is 17.7. The van der Waals surface area contributed by atoms with Gasteiger partial charge in [-0.25, -0.2) is 28.4 Å². The Morgan fingerprint density at radius 2 is 1.00 bits per heavy atom. The highest BCUT2D eigenvalue weighted by atomic mass is 32.2. The van der Waals surface area contributed by atoms with E-state index in [1.54, 1.807) is 30.3 Å². The quantitative estimate of drug-likeness (QED) is 0.133. The zero-order chi connectivity index (χ0) is 42.9. The van der Waals surface area contributed by atoms with Crippen LogP contribution < -0.4 is 26.3 Å². The maximum atomic E-state index is 13.3. The number of aromatic nitrogens is 6. The molecule has 322 valence electrons. The zero-order valence-electron chi connectivity index (χ0n) is 34.0. The molecule has 15 heteroatoms. The topological polar surface area (TPSA) is 181 Å². The lowest BCUT2D eigenvalue weighted by molar-refractivity contribution is 0.389. The third-order valence-corrected chi connectivity index (χ3v) is 13.1. The molecule has 64 heavy (non-hydrogen) atoms. The van der Waals surface area contributed by atoms with Gasteiger partial charge in [0.05, 0.1) is 15.9 Å². The molecule has 0 saturated carbocycles. The average Bonchev–Trinajstić information content (AvgIpc) is 3.85. The summed E-state index contributed by atoms with van der Waals surface area (Å²) in [5, 5.41) is 3.42. The SMILES string of the molecule is C.Nc1ncnc2c3c(n(-c4ccc(Oc5ccccc5)cc4)c12)CCN(S(=O)(=O)c1ccccc1)C3.Nc1ncnc2c3c(n(-c4ccc(Oc5ccccc5)cc4)c12)CCNC3. The molecule has 14 nitrogen and oxygen atoms in total. The van der Waals surface area contributed by atoms with E-state index in [2.05, 4.69) is 29.8 Å². The van der Waals surface area contributed by atoms with Crippen molar-refractivity contribution >= 4 is 43.7 Å². The van der Waals surface area contributed by atoms with Gasteiger partial charge in [0.1, 0.15) is 46.7 Å². The van der Waals surface area contributed by atoms with Crippen LogP contribution in [-0.4, -0.2) is 54.9 Å². The number of para-hydroxylation sites is 2. The van der Waals surface area contributed by atoms with Gasteiger partial charge in [0.2, 0.25) is 10.0 Å². The van der Waals surface area contributed by atoms with Crippen molar-refractivity contribution in [1.29, 1.82) is 0 Å². The first kappa shape index (κ1) is 41.7. The smallest absolute Gasteiger partial charge is 0.243 e. The molecule has 0 saturated heterocycles. The van der Waals surface area contributed by atoms with Gasteiger partial charge in [0.25, 0.3) is 0 Å². The van der Waals surface area contributed by atoms with Crippen molar-refractivity contribution in [3.05, 3.63) is 175 Å². The third-order valence-electron chi connectivity index (χ3n) is 11.3. The van der Waals surface area contributed by atoms with E-state index >= 15 is 0 Å². The van der Waals surface area contributed by atoms with Gasteiger partial charge in [0.15, 0.2) is 11.6 Å². The van der Waals surface area contributed by atoms with Crippen LogP contribution in [0.5, 0.6) is 23.0 Å². The molecule has 0 spiro atoms. The molecular formula is C49H46N10O4S. The monoisotopic (exact) mass is 870 g/mol. The van der Waals surface area contributed by atoms with Crippen LogP contribution >= 0.6 is 0 Å². The lowest BCUT2D eigenvalue weighted by Crippen LogP contribution is -2.36. The Hall–Kier alpha value is -7.59. The number of benzene rings is 5. The molecule has 4 aromatic heterocycles. The number of nitrogens with two attached hydrogens (primary N) is 2. The predicted octanol–water partition coefficient (Wildman–Crippen LogP) is 8.62. The second-order valence-electron chi connectivity index (χ2n) is 15.1. The van der Waals surface area contributed by atoms with Gasteiger partial charge < -0.3 is 35.4 Å². The molecular weight excluding hydrogens is 825 g/mol. The number of hydrogen-bond acceptors (Lipinski definition) is 11. The normalized spacial score (nSPS) is 13.6. The van der Waals surface area contributed by atoms with Crippen LogP contribution in [0.4, 0.5) is 11.6 Å². The largest absolute Gasteiger partial charge is 0.457 e. The summed E-state index contributed by atoms with van der Waals surface area (Å²) in [5.74, 6) is 3.92. The van der Waals surface area contributed by atoms with Crippen LogP contribution in [0.3, 0.4) is 0 Å². The van der Waals surface area contributed by atoms with Gasteiger partial charge >= 0.3 is 0 Å². The molecule has 0 unspecified atom stereocenters. The molecule has 0 radical (unpaired) electrons. The molecule has 6 heterocycles. The highest BCUT2D eigenvalue weighted by Gasteiger charge is 2.33. The van der Waals surface area contributed by atoms with E-state index in [0.29, 0.717) is 41.4 Å². The van der Waals surface area contributed by atoms with Crippen LogP contribution in [0, 0.1) is 0 Å². The van der Waals surface area contributed by atoms with Crippen LogP contribution in [0.25, 0.3) is 33.4 Å². The van der Waals surface area contributed by atoms with Crippen molar-refractivity contribution in [3.8, 4) is 34.4 Å². The number of ether oxygens (including phenoxy) is 2. The van der Waals surface area contributed by atoms with Crippen molar-refractivity contribution in [1.82, 2.24) is 38.7 Å².